The van der Waals surface area contributed by atoms with Gasteiger partial charge >= 0.3 is 0 Å². The number of fused-ring (bicyclic) bond motifs is 2. The maximum Gasteiger partial charge on any atom is 0.251 e. The van der Waals surface area contributed by atoms with E-state index < -0.39 is 0 Å². The molecule has 0 aliphatic heterocycles. The number of hydrogen-bond acceptors (Lipinski definition) is 7. The first-order chi connectivity index (χ1) is 21.0. The molecule has 0 aliphatic carbocycles. The van der Waals surface area contributed by atoms with Crippen molar-refractivity contribution in [2.75, 3.05) is 5.73 Å². The zero-order chi connectivity index (χ0) is 29.3. The number of hydrogen-bond donors (Lipinski definition) is 2. The number of imidazole rings is 1. The van der Waals surface area contributed by atoms with E-state index in [2.05, 4.69) is 20.3 Å². The molecule has 0 radical (unpaired) electrons. The Bertz CT molecular complexity index is 2120. The lowest BCUT2D eigenvalue weighted by molar-refractivity contribution is 0.0951. The second-order valence-corrected chi connectivity index (χ2v) is 10.2. The summed E-state index contributed by atoms with van der Waals surface area (Å²) < 4.78 is 1.98. The first kappa shape index (κ1) is 26.0. The van der Waals surface area contributed by atoms with Crippen LogP contribution in [0.4, 0.5) is 5.82 Å². The molecule has 0 atom stereocenters. The smallest absolute Gasteiger partial charge is 0.251 e. The standard InChI is InChI=1S/C34H26N8O/c1-21-6-9-23-16-24(10-13-29(23)40-21)34(43)39-18-22-7-11-27(12-8-22)42-32(28-5-3-15-37-31(28)35)41-30-17-26(20-38-33(30)42)25-4-2-14-36-19-25/h2-17,19-20H,18H2,1H3,(H2,35,37)(H,39,43). The fourth-order valence-electron chi connectivity index (χ4n) is 5.10. The van der Waals surface area contributed by atoms with Gasteiger partial charge < -0.3 is 11.1 Å². The van der Waals surface area contributed by atoms with E-state index in [1.165, 1.54) is 0 Å². The molecular weight excluding hydrogens is 536 g/mol. The third-order valence-electron chi connectivity index (χ3n) is 7.31. The topological polar surface area (TPSA) is 124 Å². The SMILES string of the molecule is Cc1ccc2cc(C(=O)NCc3ccc(-n4c(-c5cccnc5N)nc5cc(-c6cccnc6)cnc54)cc3)ccc2n1. The van der Waals surface area contributed by atoms with Crippen molar-refractivity contribution in [3.8, 4) is 28.2 Å². The number of amides is 1. The highest BCUT2D eigenvalue weighted by atomic mass is 16.1. The van der Waals surface area contributed by atoms with Gasteiger partial charge in [-0.3, -0.25) is 19.3 Å². The van der Waals surface area contributed by atoms with Crippen LogP contribution in [0.25, 0.3) is 50.3 Å². The summed E-state index contributed by atoms with van der Waals surface area (Å²) >= 11 is 0. The first-order valence-corrected chi connectivity index (χ1v) is 13.8. The van der Waals surface area contributed by atoms with Crippen molar-refractivity contribution in [3.05, 3.63) is 127 Å². The number of nitrogen functional groups attached to an aromatic ring is 1. The summed E-state index contributed by atoms with van der Waals surface area (Å²) in [6.45, 7) is 2.33. The number of nitrogens with two attached hydrogens (primary N) is 1. The van der Waals surface area contributed by atoms with Gasteiger partial charge in [-0.25, -0.2) is 15.0 Å². The molecule has 1 amide bonds. The van der Waals surface area contributed by atoms with Crippen molar-refractivity contribution >= 4 is 33.8 Å². The van der Waals surface area contributed by atoms with Crippen LogP contribution in [-0.2, 0) is 6.54 Å². The number of aryl methyl sites for hydroxylation is 1. The van der Waals surface area contributed by atoms with Gasteiger partial charge in [0.05, 0.1) is 11.1 Å². The molecule has 5 heterocycles. The quantitative estimate of drug-likeness (QED) is 0.258. The van der Waals surface area contributed by atoms with E-state index in [0.29, 0.717) is 35.0 Å². The molecule has 5 aromatic heterocycles. The van der Waals surface area contributed by atoms with Crippen LogP contribution >= 0.6 is 0 Å². The van der Waals surface area contributed by atoms with E-state index in [4.69, 9.17) is 15.7 Å². The number of carbonyl (C=O) groups excluding carboxylic acids is 1. The molecule has 0 unspecified atom stereocenters. The Morgan fingerprint density at radius 1 is 0.837 bits per heavy atom. The van der Waals surface area contributed by atoms with Gasteiger partial charge in [-0.2, -0.15) is 0 Å². The van der Waals surface area contributed by atoms with Gasteiger partial charge in [0.25, 0.3) is 5.91 Å². The number of nitrogens with zero attached hydrogens (tertiary/aromatic N) is 6. The highest BCUT2D eigenvalue weighted by molar-refractivity contribution is 5.98. The van der Waals surface area contributed by atoms with Crippen molar-refractivity contribution in [2.24, 2.45) is 0 Å². The summed E-state index contributed by atoms with van der Waals surface area (Å²) in [6.07, 6.45) is 7.02. The van der Waals surface area contributed by atoms with Crippen LogP contribution in [0.3, 0.4) is 0 Å². The number of benzene rings is 2. The lowest BCUT2D eigenvalue weighted by Gasteiger charge is -2.12. The summed E-state index contributed by atoms with van der Waals surface area (Å²) in [4.78, 5) is 35.7. The summed E-state index contributed by atoms with van der Waals surface area (Å²) in [5, 5.41) is 3.95. The lowest BCUT2D eigenvalue weighted by Crippen LogP contribution is -2.22. The molecule has 3 N–H and O–H groups in total. The first-order valence-electron chi connectivity index (χ1n) is 13.8. The minimum Gasteiger partial charge on any atom is -0.383 e. The normalized spacial score (nSPS) is 11.2. The van der Waals surface area contributed by atoms with E-state index >= 15 is 0 Å². The average molecular weight is 563 g/mol. The molecule has 2 aromatic carbocycles. The molecule has 9 nitrogen and oxygen atoms in total. The molecule has 208 valence electrons. The predicted octanol–water partition coefficient (Wildman–Crippen LogP) is 5.91. The van der Waals surface area contributed by atoms with Crippen molar-refractivity contribution in [3.63, 3.8) is 0 Å². The second kappa shape index (κ2) is 10.8. The molecule has 43 heavy (non-hydrogen) atoms. The number of rotatable bonds is 6. The fraction of sp³-hybridized carbons (Fsp3) is 0.0588. The van der Waals surface area contributed by atoms with Gasteiger partial charge in [0, 0.05) is 64.8 Å². The minimum absolute atomic E-state index is 0.143. The van der Waals surface area contributed by atoms with Crippen LogP contribution in [-0.4, -0.2) is 35.4 Å². The molecular formula is C34H26N8O. The van der Waals surface area contributed by atoms with E-state index in [-0.39, 0.29) is 5.91 Å². The number of nitrogens with one attached hydrogen (secondary N) is 1. The van der Waals surface area contributed by atoms with Gasteiger partial charge in [-0.05, 0) is 73.2 Å². The van der Waals surface area contributed by atoms with E-state index in [1.807, 2.05) is 96.6 Å². The largest absolute Gasteiger partial charge is 0.383 e. The third-order valence-corrected chi connectivity index (χ3v) is 7.31. The Morgan fingerprint density at radius 3 is 2.51 bits per heavy atom. The molecule has 0 aliphatic rings. The van der Waals surface area contributed by atoms with Crippen molar-refractivity contribution in [1.29, 1.82) is 0 Å². The molecule has 7 rings (SSSR count). The second-order valence-electron chi connectivity index (χ2n) is 10.2. The highest BCUT2D eigenvalue weighted by Crippen LogP contribution is 2.32. The number of anilines is 1. The van der Waals surface area contributed by atoms with Crippen LogP contribution in [0, 0.1) is 6.92 Å². The number of carbonyl (C=O) groups is 1. The molecule has 0 saturated heterocycles. The number of aromatic nitrogens is 6. The Labute approximate surface area is 247 Å². The third kappa shape index (κ3) is 5.04. The summed E-state index contributed by atoms with van der Waals surface area (Å²) in [6, 6.07) is 27.0. The highest BCUT2D eigenvalue weighted by Gasteiger charge is 2.19. The van der Waals surface area contributed by atoms with Crippen molar-refractivity contribution < 1.29 is 4.79 Å². The van der Waals surface area contributed by atoms with E-state index in [9.17, 15) is 4.79 Å². The maximum atomic E-state index is 12.9. The predicted molar refractivity (Wildman–Crippen MR) is 167 cm³/mol. The summed E-state index contributed by atoms with van der Waals surface area (Å²) in [7, 11) is 0. The Hall–Kier alpha value is -5.96. The maximum absolute atomic E-state index is 12.9. The zero-order valence-corrected chi connectivity index (χ0v) is 23.3. The monoisotopic (exact) mass is 562 g/mol. The Morgan fingerprint density at radius 2 is 1.70 bits per heavy atom. The van der Waals surface area contributed by atoms with Gasteiger partial charge in [-0.15, -0.1) is 0 Å². The molecule has 7 aromatic rings. The molecule has 0 bridgehead atoms. The lowest BCUT2D eigenvalue weighted by atomic mass is 10.1. The Kier molecular flexibility index (Phi) is 6.52. The van der Waals surface area contributed by atoms with E-state index in [0.717, 1.165) is 44.5 Å². The molecule has 0 spiro atoms. The number of pyridine rings is 4. The van der Waals surface area contributed by atoms with Crippen LogP contribution in [0.2, 0.25) is 0 Å². The minimum atomic E-state index is -0.143. The summed E-state index contributed by atoms with van der Waals surface area (Å²) in [5.41, 5.74) is 14.5. The van der Waals surface area contributed by atoms with Crippen LogP contribution < -0.4 is 11.1 Å². The fourth-order valence-corrected chi connectivity index (χ4v) is 5.10. The van der Waals surface area contributed by atoms with Crippen LogP contribution in [0.5, 0.6) is 0 Å². The zero-order valence-electron chi connectivity index (χ0n) is 23.3. The average Bonchev–Trinajstić information content (AvgIpc) is 3.43. The van der Waals surface area contributed by atoms with E-state index in [1.54, 1.807) is 24.7 Å². The van der Waals surface area contributed by atoms with Gasteiger partial charge in [0.1, 0.15) is 11.3 Å². The summed E-state index contributed by atoms with van der Waals surface area (Å²) in [5.74, 6) is 0.874. The van der Waals surface area contributed by atoms with Gasteiger partial charge in [0.15, 0.2) is 11.5 Å². The van der Waals surface area contributed by atoms with Crippen LogP contribution in [0.1, 0.15) is 21.6 Å². The molecule has 0 saturated carbocycles. The van der Waals surface area contributed by atoms with Gasteiger partial charge in [0.2, 0.25) is 0 Å². The Balaban J connectivity index is 1.19. The van der Waals surface area contributed by atoms with Crippen molar-refractivity contribution in [2.45, 2.75) is 13.5 Å². The molecule has 9 heteroatoms. The van der Waals surface area contributed by atoms with Gasteiger partial charge in [-0.1, -0.05) is 24.3 Å². The van der Waals surface area contributed by atoms with Crippen molar-refractivity contribution in [1.82, 2.24) is 34.8 Å². The van der Waals surface area contributed by atoms with Crippen LogP contribution in [0.15, 0.2) is 110 Å². The molecule has 0 fully saturated rings.